The van der Waals surface area contributed by atoms with Crippen LogP contribution in [0.25, 0.3) is 5.69 Å². The van der Waals surface area contributed by atoms with E-state index in [2.05, 4.69) is 20.8 Å². The molecule has 3 rings (SSSR count). The molecule has 0 radical (unpaired) electrons. The van der Waals surface area contributed by atoms with E-state index in [1.54, 1.807) is 4.68 Å². The van der Waals surface area contributed by atoms with Crippen LogP contribution in [0.15, 0.2) is 59.8 Å². The maximum Gasteiger partial charge on any atom is 0.269 e. The van der Waals surface area contributed by atoms with Gasteiger partial charge in [0.15, 0.2) is 0 Å². The number of carbonyl (C=O) groups excluding carboxylic acids is 1. The molecule has 0 aliphatic heterocycles. The van der Waals surface area contributed by atoms with Crippen molar-refractivity contribution in [3.05, 3.63) is 70.3 Å². The highest BCUT2D eigenvalue weighted by Crippen LogP contribution is 2.17. The molecule has 9 nitrogen and oxygen atoms in total. The summed E-state index contributed by atoms with van der Waals surface area (Å²) < 4.78 is 1.63. The van der Waals surface area contributed by atoms with Crippen molar-refractivity contribution in [2.75, 3.05) is 12.3 Å². The molecule has 2 aromatic carbocycles. The van der Waals surface area contributed by atoms with Gasteiger partial charge in [-0.3, -0.25) is 14.9 Å². The van der Waals surface area contributed by atoms with Crippen LogP contribution < -0.4 is 5.32 Å². The quantitative estimate of drug-likeness (QED) is 0.293. The zero-order valence-electron chi connectivity index (χ0n) is 13.5. The molecule has 0 aliphatic rings. The Kier molecular flexibility index (Phi) is 5.54. The van der Waals surface area contributed by atoms with Crippen molar-refractivity contribution in [1.82, 2.24) is 25.5 Å². The Morgan fingerprint density at radius 3 is 2.58 bits per heavy atom. The summed E-state index contributed by atoms with van der Waals surface area (Å²) in [6.07, 6.45) is 0. The van der Waals surface area contributed by atoms with E-state index in [1.807, 2.05) is 30.3 Å². The third kappa shape index (κ3) is 4.22. The first-order valence-corrected chi connectivity index (χ1v) is 8.63. The minimum atomic E-state index is -0.505. The standard InChI is InChI=1S/C16H14N6O3S/c23-15(12-6-8-14(9-7-12)22(24)25)17-10-11-26-16-18-19-20-21(16)13-4-2-1-3-5-13/h1-9H,10-11H2,(H,17,23). The van der Waals surface area contributed by atoms with Gasteiger partial charge in [0.1, 0.15) is 0 Å². The number of non-ortho nitro benzene ring substituents is 1. The predicted molar refractivity (Wildman–Crippen MR) is 95.3 cm³/mol. The van der Waals surface area contributed by atoms with Crippen molar-refractivity contribution >= 4 is 23.4 Å². The van der Waals surface area contributed by atoms with Gasteiger partial charge >= 0.3 is 0 Å². The highest BCUT2D eigenvalue weighted by atomic mass is 32.2. The third-order valence-electron chi connectivity index (χ3n) is 3.40. The first kappa shape index (κ1) is 17.5. The number of benzene rings is 2. The summed E-state index contributed by atoms with van der Waals surface area (Å²) in [4.78, 5) is 22.2. The Balaban J connectivity index is 1.51. The summed E-state index contributed by atoms with van der Waals surface area (Å²) in [6, 6.07) is 15.0. The summed E-state index contributed by atoms with van der Waals surface area (Å²) in [5.74, 6) is 0.287. The molecule has 1 aromatic heterocycles. The van der Waals surface area contributed by atoms with Crippen LogP contribution in [0.4, 0.5) is 5.69 Å². The maximum absolute atomic E-state index is 12.0. The number of thioether (sulfide) groups is 1. The van der Waals surface area contributed by atoms with Gasteiger partial charge in [-0.2, -0.15) is 4.68 Å². The molecule has 0 fully saturated rings. The number of tetrazole rings is 1. The van der Waals surface area contributed by atoms with E-state index in [1.165, 1.54) is 36.0 Å². The molecule has 26 heavy (non-hydrogen) atoms. The Labute approximate surface area is 152 Å². The lowest BCUT2D eigenvalue weighted by Crippen LogP contribution is -2.25. The second-order valence-electron chi connectivity index (χ2n) is 5.12. The van der Waals surface area contributed by atoms with Gasteiger partial charge in [0.2, 0.25) is 5.16 Å². The summed E-state index contributed by atoms with van der Waals surface area (Å²) in [5.41, 5.74) is 1.18. The first-order chi connectivity index (χ1) is 12.6. The minimum Gasteiger partial charge on any atom is -0.351 e. The molecule has 0 saturated heterocycles. The second-order valence-corrected chi connectivity index (χ2v) is 6.18. The molecular formula is C16H14N6O3S. The van der Waals surface area contributed by atoms with Crippen LogP contribution in [0.1, 0.15) is 10.4 Å². The molecule has 0 atom stereocenters. The van der Waals surface area contributed by atoms with E-state index in [0.29, 0.717) is 23.0 Å². The minimum absolute atomic E-state index is 0.0511. The Bertz CT molecular complexity index is 898. The predicted octanol–water partition coefficient (Wildman–Crippen LogP) is 2.09. The summed E-state index contributed by atoms with van der Waals surface area (Å²) in [5, 5.41) is 25.6. The number of rotatable bonds is 7. The van der Waals surface area contributed by atoms with E-state index in [-0.39, 0.29) is 11.6 Å². The van der Waals surface area contributed by atoms with Crippen molar-refractivity contribution in [3.63, 3.8) is 0 Å². The molecular weight excluding hydrogens is 356 g/mol. The van der Waals surface area contributed by atoms with Gasteiger partial charge in [0.25, 0.3) is 11.6 Å². The number of nitro groups is 1. The molecule has 1 amide bonds. The molecule has 1 N–H and O–H groups in total. The van der Waals surface area contributed by atoms with Crippen molar-refractivity contribution in [2.24, 2.45) is 0 Å². The number of nitro benzene ring substituents is 1. The van der Waals surface area contributed by atoms with Gasteiger partial charge in [0.05, 0.1) is 10.6 Å². The summed E-state index contributed by atoms with van der Waals surface area (Å²) in [7, 11) is 0. The number of para-hydroxylation sites is 1. The Hall–Kier alpha value is -3.27. The van der Waals surface area contributed by atoms with Crippen LogP contribution in [0.3, 0.4) is 0 Å². The fourth-order valence-electron chi connectivity index (χ4n) is 2.14. The van der Waals surface area contributed by atoms with Crippen molar-refractivity contribution < 1.29 is 9.72 Å². The molecule has 0 saturated carbocycles. The van der Waals surface area contributed by atoms with Crippen LogP contribution in [0.2, 0.25) is 0 Å². The Morgan fingerprint density at radius 1 is 1.15 bits per heavy atom. The number of nitrogens with zero attached hydrogens (tertiary/aromatic N) is 5. The number of carbonyl (C=O) groups is 1. The summed E-state index contributed by atoms with van der Waals surface area (Å²) >= 11 is 1.41. The molecule has 0 unspecified atom stereocenters. The fraction of sp³-hybridized carbons (Fsp3) is 0.125. The smallest absolute Gasteiger partial charge is 0.269 e. The van der Waals surface area contributed by atoms with Crippen LogP contribution in [-0.2, 0) is 0 Å². The van der Waals surface area contributed by atoms with Crippen molar-refractivity contribution in [3.8, 4) is 5.69 Å². The zero-order valence-corrected chi connectivity index (χ0v) is 14.3. The lowest BCUT2D eigenvalue weighted by Gasteiger charge is -2.06. The zero-order chi connectivity index (χ0) is 18.4. The van der Waals surface area contributed by atoms with E-state index >= 15 is 0 Å². The number of aromatic nitrogens is 4. The van der Waals surface area contributed by atoms with Crippen LogP contribution >= 0.6 is 11.8 Å². The van der Waals surface area contributed by atoms with Crippen molar-refractivity contribution in [2.45, 2.75) is 5.16 Å². The van der Waals surface area contributed by atoms with Crippen molar-refractivity contribution in [1.29, 1.82) is 0 Å². The molecule has 0 aliphatic carbocycles. The van der Waals surface area contributed by atoms with Gasteiger partial charge in [-0.1, -0.05) is 30.0 Å². The summed E-state index contributed by atoms with van der Waals surface area (Å²) in [6.45, 7) is 0.405. The Morgan fingerprint density at radius 2 is 1.88 bits per heavy atom. The van der Waals surface area contributed by atoms with E-state index in [9.17, 15) is 14.9 Å². The molecule has 3 aromatic rings. The molecule has 10 heteroatoms. The van der Waals surface area contributed by atoms with E-state index in [0.717, 1.165) is 5.69 Å². The number of nitrogens with one attached hydrogen (secondary N) is 1. The van der Waals surface area contributed by atoms with Gasteiger partial charge in [0, 0.05) is 30.0 Å². The SMILES string of the molecule is O=C(NCCSc1nnnn1-c1ccccc1)c1ccc([N+](=O)[O-])cc1. The largest absolute Gasteiger partial charge is 0.351 e. The highest BCUT2D eigenvalue weighted by molar-refractivity contribution is 7.99. The van der Waals surface area contributed by atoms with Crippen LogP contribution in [0.5, 0.6) is 0 Å². The highest BCUT2D eigenvalue weighted by Gasteiger charge is 2.11. The topological polar surface area (TPSA) is 116 Å². The van der Waals surface area contributed by atoms with Gasteiger partial charge in [-0.25, -0.2) is 0 Å². The van der Waals surface area contributed by atoms with Gasteiger partial charge in [-0.15, -0.1) is 5.10 Å². The second kappa shape index (κ2) is 8.21. The molecule has 132 valence electrons. The average molecular weight is 370 g/mol. The maximum atomic E-state index is 12.0. The van der Waals surface area contributed by atoms with Crippen LogP contribution in [0, 0.1) is 10.1 Å². The van der Waals surface area contributed by atoms with E-state index in [4.69, 9.17) is 0 Å². The average Bonchev–Trinajstić information content (AvgIpc) is 3.14. The number of hydrogen-bond donors (Lipinski definition) is 1. The normalized spacial score (nSPS) is 10.5. The van der Waals surface area contributed by atoms with Gasteiger partial charge in [-0.05, 0) is 34.7 Å². The number of hydrogen-bond acceptors (Lipinski definition) is 7. The van der Waals surface area contributed by atoms with Crippen LogP contribution in [-0.4, -0.2) is 43.3 Å². The fourth-order valence-corrected chi connectivity index (χ4v) is 2.89. The molecule has 0 spiro atoms. The first-order valence-electron chi connectivity index (χ1n) is 7.64. The molecule has 0 bridgehead atoms. The lowest BCUT2D eigenvalue weighted by atomic mass is 10.2. The van der Waals surface area contributed by atoms with Gasteiger partial charge < -0.3 is 5.32 Å². The lowest BCUT2D eigenvalue weighted by molar-refractivity contribution is -0.384. The molecule has 1 heterocycles. The monoisotopic (exact) mass is 370 g/mol. The van der Waals surface area contributed by atoms with E-state index < -0.39 is 4.92 Å². The third-order valence-corrected chi connectivity index (χ3v) is 4.32. The number of amides is 1.